The van der Waals surface area contributed by atoms with E-state index < -0.39 is 5.54 Å². The lowest BCUT2D eigenvalue weighted by atomic mass is 10.0. The van der Waals surface area contributed by atoms with E-state index in [2.05, 4.69) is 36.9 Å². The van der Waals surface area contributed by atoms with Gasteiger partial charge in [-0.15, -0.1) is 5.10 Å². The van der Waals surface area contributed by atoms with Crippen molar-refractivity contribution >= 4 is 35.4 Å². The number of anilines is 3. The van der Waals surface area contributed by atoms with Gasteiger partial charge in [-0.05, 0) is 64.5 Å². The van der Waals surface area contributed by atoms with Crippen molar-refractivity contribution in [2.75, 3.05) is 36.4 Å². The number of nitrogens with two attached hydrogens (primary N) is 1. The molecular formula is C26H38N10O2. The molecule has 1 atom stereocenters. The summed E-state index contributed by atoms with van der Waals surface area (Å²) in [5.41, 5.74) is 7.10. The molecule has 0 bridgehead atoms. The summed E-state index contributed by atoms with van der Waals surface area (Å²) in [4.78, 5) is 30.9. The Kier molecular flexibility index (Phi) is 7.50. The van der Waals surface area contributed by atoms with Gasteiger partial charge in [0.2, 0.25) is 18.3 Å². The highest BCUT2D eigenvalue weighted by atomic mass is 16.2. The molecule has 2 saturated heterocycles. The second kappa shape index (κ2) is 11.0. The Bertz CT molecular complexity index is 1250. The summed E-state index contributed by atoms with van der Waals surface area (Å²) in [6.07, 6.45) is 9.42. The maximum atomic E-state index is 11.9. The molecule has 5 N–H and O–H groups in total. The Morgan fingerprint density at radius 3 is 2.68 bits per heavy atom. The third kappa shape index (κ3) is 6.07. The molecule has 3 aliphatic rings. The van der Waals surface area contributed by atoms with Gasteiger partial charge in [-0.1, -0.05) is 0 Å². The molecule has 204 valence electrons. The van der Waals surface area contributed by atoms with Crippen molar-refractivity contribution in [3.05, 3.63) is 30.1 Å². The topological polar surface area (TPSA) is 150 Å². The van der Waals surface area contributed by atoms with Crippen molar-refractivity contribution in [2.45, 2.75) is 69.9 Å². The molecule has 1 aliphatic carbocycles. The van der Waals surface area contributed by atoms with Gasteiger partial charge in [0.15, 0.2) is 11.6 Å². The average Bonchev–Trinajstić information content (AvgIpc) is 3.29. The lowest BCUT2D eigenvalue weighted by Crippen LogP contribution is -2.56. The van der Waals surface area contributed by atoms with Crippen LogP contribution in [0.25, 0.3) is 5.52 Å². The van der Waals surface area contributed by atoms with E-state index in [1.807, 2.05) is 22.8 Å². The van der Waals surface area contributed by atoms with Crippen LogP contribution < -0.4 is 21.3 Å². The molecule has 1 saturated carbocycles. The van der Waals surface area contributed by atoms with E-state index in [-0.39, 0.29) is 11.9 Å². The SMILES string of the molecule is CC(C)(N)C(=O)N1CCC[C@@H](NC=O)C1.c1cc2c(Nc3cc(C4CC4)[nH]n3)nc(N3CCCC3)nn2c1. The van der Waals surface area contributed by atoms with E-state index in [0.717, 1.165) is 55.6 Å². The second-order valence-corrected chi connectivity index (χ2v) is 11.0. The molecule has 5 heterocycles. The summed E-state index contributed by atoms with van der Waals surface area (Å²) < 4.78 is 1.89. The van der Waals surface area contributed by atoms with Gasteiger partial charge in [0.05, 0.1) is 5.54 Å². The molecule has 3 aromatic heterocycles. The fraction of sp³-hybridized carbons (Fsp3) is 0.577. The lowest BCUT2D eigenvalue weighted by Gasteiger charge is -2.36. The fourth-order valence-corrected chi connectivity index (χ4v) is 4.99. The highest BCUT2D eigenvalue weighted by Crippen LogP contribution is 2.39. The minimum Gasteiger partial charge on any atom is -0.354 e. The summed E-state index contributed by atoms with van der Waals surface area (Å²) in [6, 6.07) is 6.17. The van der Waals surface area contributed by atoms with Crippen LogP contribution in [0.5, 0.6) is 0 Å². The summed E-state index contributed by atoms with van der Waals surface area (Å²) in [7, 11) is 0. The van der Waals surface area contributed by atoms with E-state index in [1.165, 1.54) is 31.4 Å². The van der Waals surface area contributed by atoms with Gasteiger partial charge in [-0.2, -0.15) is 10.1 Å². The van der Waals surface area contributed by atoms with Crippen LogP contribution >= 0.6 is 0 Å². The van der Waals surface area contributed by atoms with Gasteiger partial charge in [0.1, 0.15) is 5.52 Å². The quantitative estimate of drug-likeness (QED) is 0.345. The van der Waals surface area contributed by atoms with E-state index in [0.29, 0.717) is 18.9 Å². The number of piperidine rings is 1. The van der Waals surface area contributed by atoms with Crippen LogP contribution in [0.4, 0.5) is 17.6 Å². The number of hydrogen-bond acceptors (Lipinski definition) is 8. The third-order valence-corrected chi connectivity index (χ3v) is 7.19. The predicted octanol–water partition coefficient (Wildman–Crippen LogP) is 2.13. The maximum absolute atomic E-state index is 11.9. The highest BCUT2D eigenvalue weighted by molar-refractivity contribution is 5.85. The van der Waals surface area contributed by atoms with Crippen LogP contribution in [-0.4, -0.2) is 79.8 Å². The standard InChI is InChI=1S/C16H19N7.C10H19N3O2/c1-2-8-22(7-1)16-18-15(13-4-3-9-23(13)21-16)17-14-10-12(19-20-14)11-5-6-11;1-10(2,11)9(15)13-5-3-4-8(6-13)12-7-14/h3-4,9-11H,1-2,5-8H2,(H2,17,18,19,20,21);7-8H,3-6,11H2,1-2H3,(H,12,14)/t;8-/m.1/s1. The first-order valence-electron chi connectivity index (χ1n) is 13.5. The minimum absolute atomic E-state index is 0.0556. The number of nitrogens with one attached hydrogen (secondary N) is 3. The lowest BCUT2D eigenvalue weighted by molar-refractivity contribution is -0.137. The monoisotopic (exact) mass is 522 g/mol. The second-order valence-electron chi connectivity index (χ2n) is 11.0. The van der Waals surface area contributed by atoms with E-state index in [1.54, 1.807) is 18.7 Å². The zero-order valence-electron chi connectivity index (χ0n) is 22.2. The molecule has 12 nitrogen and oxygen atoms in total. The number of H-pyrrole nitrogens is 1. The first-order valence-corrected chi connectivity index (χ1v) is 13.5. The van der Waals surface area contributed by atoms with Gasteiger partial charge in [0, 0.05) is 56.1 Å². The van der Waals surface area contributed by atoms with Crippen LogP contribution in [0, 0.1) is 0 Å². The molecule has 0 aromatic carbocycles. The summed E-state index contributed by atoms with van der Waals surface area (Å²) in [5, 5.41) is 18.2. The van der Waals surface area contributed by atoms with Gasteiger partial charge >= 0.3 is 0 Å². The van der Waals surface area contributed by atoms with Gasteiger partial charge < -0.3 is 26.2 Å². The summed E-state index contributed by atoms with van der Waals surface area (Å²) in [5.74, 6) is 3.02. The van der Waals surface area contributed by atoms with Crippen LogP contribution in [-0.2, 0) is 9.59 Å². The molecular weight excluding hydrogens is 484 g/mol. The molecule has 3 fully saturated rings. The first-order chi connectivity index (χ1) is 18.3. The molecule has 2 amide bonds. The Labute approximate surface area is 222 Å². The van der Waals surface area contributed by atoms with E-state index >= 15 is 0 Å². The fourth-order valence-electron chi connectivity index (χ4n) is 4.99. The molecule has 0 radical (unpaired) electrons. The van der Waals surface area contributed by atoms with Crippen molar-refractivity contribution < 1.29 is 9.59 Å². The van der Waals surface area contributed by atoms with Gasteiger partial charge in [-0.25, -0.2) is 4.52 Å². The van der Waals surface area contributed by atoms with Crippen molar-refractivity contribution in [1.82, 2.24) is 35.0 Å². The molecule has 38 heavy (non-hydrogen) atoms. The highest BCUT2D eigenvalue weighted by Gasteiger charge is 2.31. The van der Waals surface area contributed by atoms with Crippen LogP contribution in [0.2, 0.25) is 0 Å². The molecule has 0 unspecified atom stereocenters. The van der Waals surface area contributed by atoms with Crippen LogP contribution in [0.1, 0.15) is 64.0 Å². The number of rotatable bonds is 7. The van der Waals surface area contributed by atoms with Crippen molar-refractivity contribution in [2.24, 2.45) is 5.73 Å². The zero-order chi connectivity index (χ0) is 26.7. The zero-order valence-corrected chi connectivity index (χ0v) is 22.2. The minimum atomic E-state index is -0.830. The molecule has 3 aromatic rings. The molecule has 0 spiro atoms. The number of aromatic nitrogens is 5. The number of aromatic amines is 1. The number of amides is 2. The van der Waals surface area contributed by atoms with Crippen LogP contribution in [0.15, 0.2) is 24.4 Å². The number of carbonyl (C=O) groups is 2. The van der Waals surface area contributed by atoms with E-state index in [4.69, 9.17) is 10.7 Å². The Morgan fingerprint density at radius 1 is 1.18 bits per heavy atom. The molecule has 6 rings (SSSR count). The maximum Gasteiger partial charge on any atom is 0.245 e. The largest absolute Gasteiger partial charge is 0.354 e. The van der Waals surface area contributed by atoms with Crippen molar-refractivity contribution in [3.63, 3.8) is 0 Å². The van der Waals surface area contributed by atoms with Gasteiger partial charge in [0.25, 0.3) is 0 Å². The van der Waals surface area contributed by atoms with Gasteiger partial charge in [-0.3, -0.25) is 14.7 Å². The summed E-state index contributed by atoms with van der Waals surface area (Å²) >= 11 is 0. The first kappa shape index (κ1) is 26.0. The van der Waals surface area contributed by atoms with Crippen molar-refractivity contribution in [3.8, 4) is 0 Å². The number of hydrogen-bond donors (Lipinski definition) is 4. The van der Waals surface area contributed by atoms with Crippen LogP contribution in [0.3, 0.4) is 0 Å². The Hall–Kier alpha value is -3.67. The smallest absolute Gasteiger partial charge is 0.245 e. The Balaban J connectivity index is 0.000000172. The summed E-state index contributed by atoms with van der Waals surface area (Å²) in [6.45, 7) is 6.76. The number of fused-ring (bicyclic) bond motifs is 1. The number of nitrogens with zero attached hydrogens (tertiary/aromatic N) is 6. The molecule has 12 heteroatoms. The average molecular weight is 523 g/mol. The predicted molar refractivity (Wildman–Crippen MR) is 145 cm³/mol. The normalized spacial score (nSPS) is 19.7. The molecule has 2 aliphatic heterocycles. The number of likely N-dealkylation sites (tertiary alicyclic amines) is 1. The van der Waals surface area contributed by atoms with Crippen molar-refractivity contribution in [1.29, 1.82) is 0 Å². The van der Waals surface area contributed by atoms with E-state index in [9.17, 15) is 9.59 Å². The Morgan fingerprint density at radius 2 is 1.97 bits per heavy atom. The number of carbonyl (C=O) groups excluding carboxylic acids is 2. The third-order valence-electron chi connectivity index (χ3n) is 7.19.